The first-order valence-electron chi connectivity index (χ1n) is 9.45. The molecule has 2 aliphatic heterocycles. The molecule has 29 heavy (non-hydrogen) atoms. The number of thioether (sulfide) groups is 1. The van der Waals surface area contributed by atoms with Crippen LogP contribution in [0.4, 0.5) is 8.78 Å². The molecule has 2 aliphatic rings. The Morgan fingerprint density at radius 2 is 2.14 bits per heavy atom. The van der Waals surface area contributed by atoms with E-state index in [2.05, 4.69) is 5.32 Å². The number of benzene rings is 2. The Bertz CT molecular complexity index is 996. The molecule has 0 radical (unpaired) electrons. The molecular formula is C22H21F2N3OS. The van der Waals surface area contributed by atoms with Crippen LogP contribution >= 0.6 is 11.8 Å². The number of rotatable bonds is 4. The van der Waals surface area contributed by atoms with Gasteiger partial charge in [0.15, 0.2) is 0 Å². The smallest absolute Gasteiger partial charge is 0.141 e. The van der Waals surface area contributed by atoms with E-state index in [1.807, 2.05) is 24.2 Å². The van der Waals surface area contributed by atoms with Crippen LogP contribution in [0, 0.1) is 23.0 Å². The molecule has 0 bridgehead atoms. The van der Waals surface area contributed by atoms with Gasteiger partial charge in [0.2, 0.25) is 0 Å². The molecule has 1 N–H and O–H groups in total. The lowest BCUT2D eigenvalue weighted by Crippen LogP contribution is -2.39. The largest absolute Gasteiger partial charge is 0.375 e. The molecule has 2 heterocycles. The van der Waals surface area contributed by atoms with Gasteiger partial charge < -0.3 is 15.0 Å². The van der Waals surface area contributed by atoms with Crippen LogP contribution in [0.1, 0.15) is 16.7 Å². The van der Waals surface area contributed by atoms with Crippen LogP contribution in [0.3, 0.4) is 0 Å². The van der Waals surface area contributed by atoms with E-state index in [0.717, 1.165) is 28.5 Å². The molecule has 0 spiro atoms. The fourth-order valence-corrected chi connectivity index (χ4v) is 4.73. The fourth-order valence-electron chi connectivity index (χ4n) is 3.68. The predicted molar refractivity (Wildman–Crippen MR) is 111 cm³/mol. The molecule has 4 rings (SSSR count). The molecule has 0 aromatic heterocycles. The van der Waals surface area contributed by atoms with Crippen molar-refractivity contribution in [2.75, 3.05) is 32.6 Å². The van der Waals surface area contributed by atoms with Gasteiger partial charge in [0.1, 0.15) is 17.7 Å². The SMILES string of the molecule is CN1C=C(c2c(-c3ccc(C#N)c(F)c3)ccc(F)c2CC2CNCCO2)SC1. The Labute approximate surface area is 173 Å². The molecule has 4 nitrogen and oxygen atoms in total. The molecule has 2 aromatic rings. The van der Waals surface area contributed by atoms with E-state index in [9.17, 15) is 4.39 Å². The van der Waals surface area contributed by atoms with Crippen molar-refractivity contribution in [2.24, 2.45) is 0 Å². The minimum atomic E-state index is -0.577. The maximum absolute atomic E-state index is 15.0. The van der Waals surface area contributed by atoms with Crippen LogP contribution in [0.2, 0.25) is 0 Å². The van der Waals surface area contributed by atoms with Crippen LogP contribution < -0.4 is 5.32 Å². The third-order valence-corrected chi connectivity index (χ3v) is 6.26. The average Bonchev–Trinajstić information content (AvgIpc) is 3.16. The van der Waals surface area contributed by atoms with Crippen LogP contribution in [0.15, 0.2) is 36.5 Å². The molecule has 2 aromatic carbocycles. The van der Waals surface area contributed by atoms with Gasteiger partial charge in [-0.05, 0) is 34.9 Å². The summed E-state index contributed by atoms with van der Waals surface area (Å²) in [4.78, 5) is 2.99. The molecule has 7 heteroatoms. The minimum absolute atomic E-state index is 0.00601. The highest BCUT2D eigenvalue weighted by atomic mass is 32.2. The van der Waals surface area contributed by atoms with Gasteiger partial charge in [-0.2, -0.15) is 5.26 Å². The summed E-state index contributed by atoms with van der Waals surface area (Å²) < 4.78 is 35.1. The van der Waals surface area contributed by atoms with Crippen LogP contribution in [0.25, 0.3) is 16.0 Å². The molecule has 1 fully saturated rings. The Hall–Kier alpha value is -2.40. The van der Waals surface area contributed by atoms with E-state index in [-0.39, 0.29) is 17.5 Å². The summed E-state index contributed by atoms with van der Waals surface area (Å²) in [5, 5.41) is 12.3. The van der Waals surface area contributed by atoms with E-state index < -0.39 is 5.82 Å². The Balaban J connectivity index is 1.84. The van der Waals surface area contributed by atoms with Crippen molar-refractivity contribution >= 4 is 16.7 Å². The summed E-state index contributed by atoms with van der Waals surface area (Å²) in [5.74, 6) is -0.0941. The van der Waals surface area contributed by atoms with Gasteiger partial charge in [-0.15, -0.1) is 11.8 Å². The van der Waals surface area contributed by atoms with E-state index in [1.165, 1.54) is 18.2 Å². The normalized spacial score (nSPS) is 19.2. The Morgan fingerprint density at radius 3 is 2.79 bits per heavy atom. The summed E-state index contributed by atoms with van der Waals surface area (Å²) in [6.07, 6.45) is 2.31. The summed E-state index contributed by atoms with van der Waals surface area (Å²) in [7, 11) is 1.97. The number of halogens is 2. The number of morpholine rings is 1. The maximum Gasteiger partial charge on any atom is 0.141 e. The maximum atomic E-state index is 15.0. The molecule has 0 aliphatic carbocycles. The first-order valence-corrected chi connectivity index (χ1v) is 10.4. The van der Waals surface area contributed by atoms with E-state index >= 15 is 4.39 Å². The molecule has 150 valence electrons. The van der Waals surface area contributed by atoms with Crippen LogP contribution in [-0.2, 0) is 11.2 Å². The Kier molecular flexibility index (Phi) is 5.86. The quantitative estimate of drug-likeness (QED) is 0.822. The second-order valence-corrected chi connectivity index (χ2v) is 8.17. The molecule has 0 amide bonds. The first kappa shape index (κ1) is 19.9. The second-order valence-electron chi connectivity index (χ2n) is 7.18. The van der Waals surface area contributed by atoms with Crippen molar-refractivity contribution in [3.63, 3.8) is 0 Å². The third kappa shape index (κ3) is 4.15. The number of nitrogens with one attached hydrogen (secondary N) is 1. The third-order valence-electron chi connectivity index (χ3n) is 5.10. The molecule has 0 saturated carbocycles. The van der Waals surface area contributed by atoms with Gasteiger partial charge in [-0.25, -0.2) is 8.78 Å². The van der Waals surface area contributed by atoms with E-state index in [4.69, 9.17) is 10.00 Å². The lowest BCUT2D eigenvalue weighted by Gasteiger charge is -2.25. The summed E-state index contributed by atoms with van der Waals surface area (Å²) in [6.45, 7) is 2.06. The standard InChI is InChI=1S/C22H21F2N3OS/c1-27-12-21(29-13-27)22-17(14-2-3-15(10-25)20(24)8-14)4-5-19(23)18(22)9-16-11-26-6-7-28-16/h2-5,8,12,16,26H,6-7,9,11,13H2,1H3. The van der Waals surface area contributed by atoms with Crippen molar-refractivity contribution in [1.29, 1.82) is 5.26 Å². The van der Waals surface area contributed by atoms with E-state index in [0.29, 0.717) is 30.7 Å². The highest BCUT2D eigenvalue weighted by molar-refractivity contribution is 8.08. The van der Waals surface area contributed by atoms with Gasteiger partial charge in [0, 0.05) is 43.2 Å². The highest BCUT2D eigenvalue weighted by Crippen LogP contribution is 2.42. The Morgan fingerprint density at radius 1 is 1.28 bits per heavy atom. The average molecular weight is 413 g/mol. The summed E-state index contributed by atoms with van der Waals surface area (Å²) >= 11 is 1.63. The van der Waals surface area contributed by atoms with Crippen molar-refractivity contribution in [2.45, 2.75) is 12.5 Å². The summed E-state index contributed by atoms with van der Waals surface area (Å²) in [6, 6.07) is 9.50. The summed E-state index contributed by atoms with van der Waals surface area (Å²) in [5.41, 5.74) is 2.72. The molecule has 1 unspecified atom stereocenters. The van der Waals surface area contributed by atoms with Crippen molar-refractivity contribution < 1.29 is 13.5 Å². The number of ether oxygens (including phenoxy) is 1. The monoisotopic (exact) mass is 413 g/mol. The predicted octanol–water partition coefficient (Wildman–Crippen LogP) is 3.97. The molecule has 1 atom stereocenters. The molecular weight excluding hydrogens is 392 g/mol. The van der Waals surface area contributed by atoms with Gasteiger partial charge in [0.25, 0.3) is 0 Å². The van der Waals surface area contributed by atoms with E-state index in [1.54, 1.807) is 23.9 Å². The topological polar surface area (TPSA) is 48.3 Å². The highest BCUT2D eigenvalue weighted by Gasteiger charge is 2.25. The van der Waals surface area contributed by atoms with Crippen LogP contribution in [-0.4, -0.2) is 43.6 Å². The van der Waals surface area contributed by atoms with Gasteiger partial charge in [0.05, 0.1) is 24.2 Å². The van der Waals surface area contributed by atoms with Crippen molar-refractivity contribution in [3.8, 4) is 17.2 Å². The lowest BCUT2D eigenvalue weighted by molar-refractivity contribution is 0.0287. The van der Waals surface area contributed by atoms with Gasteiger partial charge >= 0.3 is 0 Å². The zero-order valence-electron chi connectivity index (χ0n) is 16.0. The number of nitrogens with zero attached hydrogens (tertiary/aromatic N) is 2. The van der Waals surface area contributed by atoms with Crippen LogP contribution in [0.5, 0.6) is 0 Å². The van der Waals surface area contributed by atoms with Crippen molar-refractivity contribution in [1.82, 2.24) is 10.2 Å². The van der Waals surface area contributed by atoms with Crippen molar-refractivity contribution in [3.05, 3.63) is 64.9 Å². The lowest BCUT2D eigenvalue weighted by atomic mass is 9.91. The zero-order valence-corrected chi connectivity index (χ0v) is 16.9. The number of hydrogen-bond acceptors (Lipinski definition) is 5. The van der Waals surface area contributed by atoms with Gasteiger partial charge in [-0.3, -0.25) is 0 Å². The fraction of sp³-hybridized carbons (Fsp3) is 0.318. The first-order chi connectivity index (χ1) is 14.1. The minimum Gasteiger partial charge on any atom is -0.375 e. The van der Waals surface area contributed by atoms with Gasteiger partial charge in [-0.1, -0.05) is 12.1 Å². The molecule has 1 saturated heterocycles. The number of hydrogen-bond donors (Lipinski definition) is 1. The zero-order chi connectivity index (χ0) is 20.4. The second kappa shape index (κ2) is 8.54. The number of nitriles is 1.